The first-order chi connectivity index (χ1) is 8.97. The molecule has 0 unspecified atom stereocenters. The molecule has 1 saturated heterocycles. The molecule has 19 heavy (non-hydrogen) atoms. The van der Waals surface area contributed by atoms with Crippen LogP contribution in [0.2, 0.25) is 0 Å². The van der Waals surface area contributed by atoms with E-state index >= 15 is 0 Å². The number of nitrogens with zero attached hydrogens (tertiary/aromatic N) is 1. The number of benzene rings is 1. The maximum atomic E-state index is 13.3. The van der Waals surface area contributed by atoms with E-state index in [0.717, 1.165) is 5.56 Å². The first kappa shape index (κ1) is 13.5. The molecular weight excluding hydrogens is 247 g/mol. The number of primary amides is 1. The van der Waals surface area contributed by atoms with Crippen LogP contribution in [0.1, 0.15) is 28.8 Å². The van der Waals surface area contributed by atoms with Gasteiger partial charge in [0.2, 0.25) is 5.91 Å². The molecule has 0 aromatic heterocycles. The zero-order valence-corrected chi connectivity index (χ0v) is 10.9. The Morgan fingerprint density at radius 2 is 1.89 bits per heavy atom. The van der Waals surface area contributed by atoms with Gasteiger partial charge in [-0.15, -0.1) is 0 Å². The van der Waals surface area contributed by atoms with Crippen LogP contribution in [-0.4, -0.2) is 29.8 Å². The Kier molecular flexibility index (Phi) is 3.83. The third-order valence-electron chi connectivity index (χ3n) is 3.47. The Hall–Kier alpha value is -1.91. The van der Waals surface area contributed by atoms with Crippen LogP contribution in [0.25, 0.3) is 0 Å². The predicted octanol–water partition coefficient (Wildman–Crippen LogP) is 1.47. The lowest BCUT2D eigenvalue weighted by atomic mass is 9.95. The lowest BCUT2D eigenvalue weighted by molar-refractivity contribution is -0.123. The summed E-state index contributed by atoms with van der Waals surface area (Å²) in [5, 5.41) is 0. The van der Waals surface area contributed by atoms with Crippen molar-refractivity contribution in [3.05, 3.63) is 35.1 Å². The number of carbonyl (C=O) groups is 2. The Labute approximate surface area is 111 Å². The van der Waals surface area contributed by atoms with Crippen molar-refractivity contribution in [1.82, 2.24) is 4.90 Å². The lowest BCUT2D eigenvalue weighted by Gasteiger charge is -2.30. The molecule has 4 nitrogen and oxygen atoms in total. The van der Waals surface area contributed by atoms with Crippen LogP contribution in [0.3, 0.4) is 0 Å². The number of hydrogen-bond acceptors (Lipinski definition) is 2. The van der Waals surface area contributed by atoms with Gasteiger partial charge in [-0.2, -0.15) is 0 Å². The predicted molar refractivity (Wildman–Crippen MR) is 69.0 cm³/mol. The molecule has 0 aliphatic carbocycles. The molecule has 0 bridgehead atoms. The summed E-state index contributed by atoms with van der Waals surface area (Å²) in [5.41, 5.74) is 6.32. The summed E-state index contributed by atoms with van der Waals surface area (Å²) in [6.07, 6.45) is 1.16. The molecule has 1 heterocycles. The van der Waals surface area contributed by atoms with Crippen molar-refractivity contribution in [3.8, 4) is 0 Å². The molecule has 0 atom stereocenters. The highest BCUT2D eigenvalue weighted by Crippen LogP contribution is 2.19. The number of amides is 2. The summed E-state index contributed by atoms with van der Waals surface area (Å²) in [7, 11) is 0. The van der Waals surface area contributed by atoms with E-state index in [4.69, 9.17) is 5.73 Å². The Balaban J connectivity index is 2.07. The van der Waals surface area contributed by atoms with Gasteiger partial charge in [0.05, 0.1) is 0 Å². The number of piperidine rings is 1. The quantitative estimate of drug-likeness (QED) is 0.879. The molecule has 0 saturated carbocycles. The number of carbonyl (C=O) groups excluding carboxylic acids is 2. The van der Waals surface area contributed by atoms with Gasteiger partial charge in [-0.1, -0.05) is 0 Å². The molecule has 5 heteroatoms. The monoisotopic (exact) mass is 264 g/mol. The van der Waals surface area contributed by atoms with Gasteiger partial charge in [0.25, 0.3) is 5.91 Å². The zero-order chi connectivity index (χ0) is 14.0. The largest absolute Gasteiger partial charge is 0.369 e. The lowest BCUT2D eigenvalue weighted by Crippen LogP contribution is -2.41. The third kappa shape index (κ3) is 3.10. The van der Waals surface area contributed by atoms with Crippen molar-refractivity contribution in [1.29, 1.82) is 0 Å². The highest BCUT2D eigenvalue weighted by atomic mass is 19.1. The zero-order valence-electron chi connectivity index (χ0n) is 10.9. The molecule has 1 aromatic carbocycles. The highest BCUT2D eigenvalue weighted by molar-refractivity contribution is 5.94. The standard InChI is InChI=1S/C14H17FN2O2/c1-9-6-11(8-12(15)7-9)14(19)17-4-2-10(3-5-17)13(16)18/h6-8,10H,2-5H2,1H3,(H2,16,18). The van der Waals surface area contributed by atoms with E-state index < -0.39 is 5.82 Å². The second kappa shape index (κ2) is 5.38. The SMILES string of the molecule is Cc1cc(F)cc(C(=O)N2CCC(C(N)=O)CC2)c1. The van der Waals surface area contributed by atoms with Gasteiger partial charge in [0, 0.05) is 24.6 Å². The summed E-state index contributed by atoms with van der Waals surface area (Å²) < 4.78 is 13.3. The maximum absolute atomic E-state index is 13.3. The van der Waals surface area contributed by atoms with Gasteiger partial charge in [-0.05, 0) is 43.5 Å². The fourth-order valence-electron chi connectivity index (χ4n) is 2.41. The van der Waals surface area contributed by atoms with Crippen LogP contribution >= 0.6 is 0 Å². The molecule has 1 fully saturated rings. The fraction of sp³-hybridized carbons (Fsp3) is 0.429. The fourth-order valence-corrected chi connectivity index (χ4v) is 2.41. The molecule has 1 aliphatic heterocycles. The van der Waals surface area contributed by atoms with E-state index in [-0.39, 0.29) is 17.7 Å². The summed E-state index contributed by atoms with van der Waals surface area (Å²) >= 11 is 0. The number of rotatable bonds is 2. The van der Waals surface area contributed by atoms with Gasteiger partial charge >= 0.3 is 0 Å². The van der Waals surface area contributed by atoms with Gasteiger partial charge in [-0.25, -0.2) is 4.39 Å². The van der Waals surface area contributed by atoms with E-state index in [9.17, 15) is 14.0 Å². The molecule has 1 aromatic rings. The third-order valence-corrected chi connectivity index (χ3v) is 3.47. The van der Waals surface area contributed by atoms with E-state index in [1.54, 1.807) is 17.9 Å². The van der Waals surface area contributed by atoms with Gasteiger partial charge in [-0.3, -0.25) is 9.59 Å². The Morgan fingerprint density at radius 1 is 1.26 bits per heavy atom. The molecule has 2 rings (SSSR count). The Bertz CT molecular complexity index is 488. The molecule has 0 radical (unpaired) electrons. The van der Waals surface area contributed by atoms with Crippen LogP contribution in [0.4, 0.5) is 4.39 Å². The van der Waals surface area contributed by atoms with Crippen LogP contribution in [0.15, 0.2) is 18.2 Å². The average Bonchev–Trinajstić information content (AvgIpc) is 2.37. The molecule has 2 amide bonds. The van der Waals surface area contributed by atoms with Crippen molar-refractivity contribution in [2.75, 3.05) is 13.1 Å². The number of halogens is 1. The number of aryl methyl sites for hydroxylation is 1. The van der Waals surface area contributed by atoms with E-state index in [2.05, 4.69) is 0 Å². The number of likely N-dealkylation sites (tertiary alicyclic amines) is 1. The maximum Gasteiger partial charge on any atom is 0.253 e. The molecule has 102 valence electrons. The molecular formula is C14H17FN2O2. The van der Waals surface area contributed by atoms with Crippen LogP contribution in [-0.2, 0) is 4.79 Å². The minimum Gasteiger partial charge on any atom is -0.369 e. The second-order valence-electron chi connectivity index (χ2n) is 4.99. The van der Waals surface area contributed by atoms with E-state index in [1.807, 2.05) is 0 Å². The minimum atomic E-state index is -0.407. The highest BCUT2D eigenvalue weighted by Gasteiger charge is 2.26. The van der Waals surface area contributed by atoms with Gasteiger partial charge in [0.1, 0.15) is 5.82 Å². The van der Waals surface area contributed by atoms with Crippen LogP contribution in [0.5, 0.6) is 0 Å². The van der Waals surface area contributed by atoms with Crippen LogP contribution in [0, 0.1) is 18.7 Å². The normalized spacial score (nSPS) is 16.4. The summed E-state index contributed by atoms with van der Waals surface area (Å²) in [5.74, 6) is -1.06. The van der Waals surface area contributed by atoms with Crippen molar-refractivity contribution in [2.45, 2.75) is 19.8 Å². The summed E-state index contributed by atoms with van der Waals surface area (Å²) in [6.45, 7) is 2.73. The topological polar surface area (TPSA) is 63.4 Å². The summed E-state index contributed by atoms with van der Waals surface area (Å²) in [6, 6.07) is 4.30. The summed E-state index contributed by atoms with van der Waals surface area (Å²) in [4.78, 5) is 24.9. The first-order valence-electron chi connectivity index (χ1n) is 6.33. The number of hydrogen-bond donors (Lipinski definition) is 1. The van der Waals surface area contributed by atoms with Gasteiger partial charge < -0.3 is 10.6 Å². The Morgan fingerprint density at radius 3 is 2.42 bits per heavy atom. The molecule has 1 aliphatic rings. The second-order valence-corrected chi connectivity index (χ2v) is 4.99. The van der Waals surface area contributed by atoms with Crippen molar-refractivity contribution >= 4 is 11.8 Å². The van der Waals surface area contributed by atoms with Crippen molar-refractivity contribution in [3.63, 3.8) is 0 Å². The van der Waals surface area contributed by atoms with Crippen LogP contribution < -0.4 is 5.73 Å². The smallest absolute Gasteiger partial charge is 0.253 e. The molecule has 0 spiro atoms. The molecule has 2 N–H and O–H groups in total. The first-order valence-corrected chi connectivity index (χ1v) is 6.33. The minimum absolute atomic E-state index is 0.154. The van der Waals surface area contributed by atoms with E-state index in [0.29, 0.717) is 31.5 Å². The van der Waals surface area contributed by atoms with Crippen molar-refractivity contribution in [2.24, 2.45) is 11.7 Å². The van der Waals surface area contributed by atoms with E-state index in [1.165, 1.54) is 12.1 Å². The van der Waals surface area contributed by atoms with Gasteiger partial charge in [0.15, 0.2) is 0 Å². The number of nitrogens with two attached hydrogens (primary N) is 1. The van der Waals surface area contributed by atoms with Crippen molar-refractivity contribution < 1.29 is 14.0 Å². The average molecular weight is 264 g/mol.